The standard InChI is InChI=1S/C7H6BrNO/c1-5-2-3-6(4-10)9-7(5)8/h2-4H,1H3. The summed E-state index contributed by atoms with van der Waals surface area (Å²) < 4.78 is 0.733. The minimum Gasteiger partial charge on any atom is -0.296 e. The van der Waals surface area contributed by atoms with Gasteiger partial charge in [-0.1, -0.05) is 6.07 Å². The van der Waals surface area contributed by atoms with Crippen LogP contribution in [0.5, 0.6) is 0 Å². The first kappa shape index (κ1) is 7.41. The van der Waals surface area contributed by atoms with Crippen molar-refractivity contribution in [3.05, 3.63) is 28.0 Å². The van der Waals surface area contributed by atoms with Gasteiger partial charge in [0.25, 0.3) is 0 Å². The molecule has 0 fully saturated rings. The molecule has 0 N–H and O–H groups in total. The van der Waals surface area contributed by atoms with Gasteiger partial charge in [-0.2, -0.15) is 0 Å². The average Bonchev–Trinajstić information content (AvgIpc) is 1.95. The summed E-state index contributed by atoms with van der Waals surface area (Å²) in [5.41, 5.74) is 1.49. The third-order valence-electron chi connectivity index (χ3n) is 1.18. The van der Waals surface area contributed by atoms with Gasteiger partial charge in [-0.05, 0) is 34.5 Å². The minimum absolute atomic E-state index is 0.456. The van der Waals surface area contributed by atoms with Crippen molar-refractivity contribution in [3.8, 4) is 0 Å². The zero-order valence-corrected chi connectivity index (χ0v) is 7.05. The second kappa shape index (κ2) is 2.92. The van der Waals surface area contributed by atoms with Crippen LogP contribution in [-0.2, 0) is 0 Å². The maximum absolute atomic E-state index is 10.2. The molecule has 0 unspecified atom stereocenters. The summed E-state index contributed by atoms with van der Waals surface area (Å²) in [4.78, 5) is 14.1. The van der Waals surface area contributed by atoms with Crippen molar-refractivity contribution < 1.29 is 4.79 Å². The summed E-state index contributed by atoms with van der Waals surface area (Å²) in [7, 11) is 0. The Balaban J connectivity index is 3.16. The second-order valence-corrected chi connectivity index (χ2v) is 2.71. The lowest BCUT2D eigenvalue weighted by atomic mass is 10.3. The molecule has 1 rings (SSSR count). The molecule has 0 aliphatic rings. The Kier molecular flexibility index (Phi) is 2.17. The van der Waals surface area contributed by atoms with E-state index in [0.29, 0.717) is 5.69 Å². The van der Waals surface area contributed by atoms with Crippen molar-refractivity contribution in [2.45, 2.75) is 6.92 Å². The Labute approximate surface area is 67.4 Å². The van der Waals surface area contributed by atoms with Crippen molar-refractivity contribution in [1.29, 1.82) is 0 Å². The maximum Gasteiger partial charge on any atom is 0.168 e. The number of carbonyl (C=O) groups excluding carboxylic acids is 1. The number of rotatable bonds is 1. The average molecular weight is 200 g/mol. The van der Waals surface area contributed by atoms with Crippen molar-refractivity contribution in [2.75, 3.05) is 0 Å². The molecule has 0 bridgehead atoms. The van der Waals surface area contributed by atoms with Gasteiger partial charge in [0.05, 0.1) is 0 Å². The van der Waals surface area contributed by atoms with Crippen LogP contribution in [0.2, 0.25) is 0 Å². The SMILES string of the molecule is Cc1ccc(C=O)nc1Br. The molecule has 3 heteroatoms. The van der Waals surface area contributed by atoms with Crippen LogP contribution in [0.4, 0.5) is 0 Å². The van der Waals surface area contributed by atoms with Crippen LogP contribution >= 0.6 is 15.9 Å². The molecular weight excluding hydrogens is 194 g/mol. The van der Waals surface area contributed by atoms with Gasteiger partial charge in [0.2, 0.25) is 0 Å². The van der Waals surface area contributed by atoms with Gasteiger partial charge < -0.3 is 0 Å². The molecule has 0 aliphatic heterocycles. The van der Waals surface area contributed by atoms with Crippen LogP contribution in [0.3, 0.4) is 0 Å². The molecule has 0 atom stereocenters. The highest BCUT2D eigenvalue weighted by molar-refractivity contribution is 9.10. The molecule has 2 nitrogen and oxygen atoms in total. The van der Waals surface area contributed by atoms with E-state index in [-0.39, 0.29) is 0 Å². The van der Waals surface area contributed by atoms with Crippen molar-refractivity contribution in [1.82, 2.24) is 4.98 Å². The number of pyridine rings is 1. The number of hydrogen-bond acceptors (Lipinski definition) is 2. The molecule has 1 heterocycles. The number of carbonyl (C=O) groups is 1. The first-order chi connectivity index (χ1) is 4.74. The van der Waals surface area contributed by atoms with E-state index >= 15 is 0 Å². The number of hydrogen-bond donors (Lipinski definition) is 0. The quantitative estimate of drug-likeness (QED) is 0.512. The number of aromatic nitrogens is 1. The van der Waals surface area contributed by atoms with Gasteiger partial charge in [0.1, 0.15) is 10.3 Å². The van der Waals surface area contributed by atoms with Crippen LogP contribution in [0.1, 0.15) is 16.1 Å². The largest absolute Gasteiger partial charge is 0.296 e. The van der Waals surface area contributed by atoms with E-state index in [1.165, 1.54) is 0 Å². The van der Waals surface area contributed by atoms with E-state index in [1.807, 2.05) is 13.0 Å². The van der Waals surface area contributed by atoms with Crippen LogP contribution in [0, 0.1) is 6.92 Å². The molecule has 1 aromatic heterocycles. The Morgan fingerprint density at radius 3 is 2.80 bits per heavy atom. The van der Waals surface area contributed by atoms with E-state index < -0.39 is 0 Å². The number of aryl methyl sites for hydroxylation is 1. The van der Waals surface area contributed by atoms with Crippen LogP contribution in [-0.4, -0.2) is 11.3 Å². The molecular formula is C7H6BrNO. The van der Waals surface area contributed by atoms with Gasteiger partial charge >= 0.3 is 0 Å². The molecule has 0 spiro atoms. The first-order valence-electron chi connectivity index (χ1n) is 2.82. The highest BCUT2D eigenvalue weighted by Gasteiger charge is 1.95. The number of halogens is 1. The van der Waals surface area contributed by atoms with Gasteiger partial charge in [-0.15, -0.1) is 0 Å². The Morgan fingerprint density at radius 2 is 2.30 bits per heavy atom. The Bertz CT molecular complexity index is 260. The highest BCUT2D eigenvalue weighted by Crippen LogP contribution is 2.11. The number of aldehydes is 1. The molecule has 0 saturated heterocycles. The maximum atomic E-state index is 10.2. The fourth-order valence-electron chi connectivity index (χ4n) is 0.584. The predicted octanol–water partition coefficient (Wildman–Crippen LogP) is 1.97. The smallest absolute Gasteiger partial charge is 0.168 e. The summed E-state index contributed by atoms with van der Waals surface area (Å²) in [5.74, 6) is 0. The van der Waals surface area contributed by atoms with E-state index in [0.717, 1.165) is 16.5 Å². The fraction of sp³-hybridized carbons (Fsp3) is 0.143. The minimum atomic E-state index is 0.456. The van der Waals surface area contributed by atoms with Gasteiger partial charge in [0, 0.05) is 0 Å². The molecule has 0 aromatic carbocycles. The van der Waals surface area contributed by atoms with Gasteiger partial charge in [0.15, 0.2) is 6.29 Å². The van der Waals surface area contributed by atoms with Crippen LogP contribution in [0.15, 0.2) is 16.7 Å². The summed E-state index contributed by atoms with van der Waals surface area (Å²) in [6.07, 6.45) is 0.726. The summed E-state index contributed by atoms with van der Waals surface area (Å²) in [6, 6.07) is 3.54. The molecule has 0 saturated carbocycles. The fourth-order valence-corrected chi connectivity index (χ4v) is 0.920. The third-order valence-corrected chi connectivity index (χ3v) is 1.98. The topological polar surface area (TPSA) is 30.0 Å². The predicted molar refractivity (Wildman–Crippen MR) is 42.1 cm³/mol. The van der Waals surface area contributed by atoms with E-state index in [2.05, 4.69) is 20.9 Å². The van der Waals surface area contributed by atoms with Crippen LogP contribution < -0.4 is 0 Å². The van der Waals surface area contributed by atoms with Gasteiger partial charge in [-0.25, -0.2) is 4.98 Å². The second-order valence-electron chi connectivity index (χ2n) is 1.96. The van der Waals surface area contributed by atoms with Crippen LogP contribution in [0.25, 0.3) is 0 Å². The lowest BCUT2D eigenvalue weighted by Gasteiger charge is -1.95. The first-order valence-corrected chi connectivity index (χ1v) is 3.61. The van der Waals surface area contributed by atoms with Crippen molar-refractivity contribution >= 4 is 22.2 Å². The molecule has 0 aliphatic carbocycles. The molecule has 0 amide bonds. The van der Waals surface area contributed by atoms with Crippen molar-refractivity contribution in [3.63, 3.8) is 0 Å². The van der Waals surface area contributed by atoms with Gasteiger partial charge in [-0.3, -0.25) is 4.79 Å². The Hall–Kier alpha value is -0.700. The van der Waals surface area contributed by atoms with E-state index in [4.69, 9.17) is 0 Å². The molecule has 52 valence electrons. The molecule has 10 heavy (non-hydrogen) atoms. The number of nitrogens with zero attached hydrogens (tertiary/aromatic N) is 1. The van der Waals surface area contributed by atoms with Crippen molar-refractivity contribution in [2.24, 2.45) is 0 Å². The summed E-state index contributed by atoms with van der Waals surface area (Å²) in [6.45, 7) is 1.92. The monoisotopic (exact) mass is 199 g/mol. The zero-order chi connectivity index (χ0) is 7.56. The third kappa shape index (κ3) is 1.42. The normalized spacial score (nSPS) is 9.40. The lowest BCUT2D eigenvalue weighted by molar-refractivity contribution is 0.111. The van der Waals surface area contributed by atoms with E-state index in [1.54, 1.807) is 6.07 Å². The summed E-state index contributed by atoms with van der Waals surface area (Å²) in [5, 5.41) is 0. The highest BCUT2D eigenvalue weighted by atomic mass is 79.9. The molecule has 1 aromatic rings. The summed E-state index contributed by atoms with van der Waals surface area (Å²) >= 11 is 3.22. The Morgan fingerprint density at radius 1 is 1.60 bits per heavy atom. The molecule has 0 radical (unpaired) electrons. The zero-order valence-electron chi connectivity index (χ0n) is 5.47. The van der Waals surface area contributed by atoms with E-state index in [9.17, 15) is 4.79 Å². The lowest BCUT2D eigenvalue weighted by Crippen LogP contribution is -1.88.